The van der Waals surface area contributed by atoms with Gasteiger partial charge in [-0.05, 0) is 56.5 Å². The predicted molar refractivity (Wildman–Crippen MR) is 82.2 cm³/mol. The quantitative estimate of drug-likeness (QED) is 0.925. The Hall–Kier alpha value is -1.06. The highest BCUT2D eigenvalue weighted by Crippen LogP contribution is 2.19. The zero-order valence-corrected chi connectivity index (χ0v) is 12.7. The molecule has 1 unspecified atom stereocenters. The highest BCUT2D eigenvalue weighted by atomic mass is 35.5. The number of carbonyl (C=O) groups is 1. The maximum Gasteiger partial charge on any atom is 0.228 e. The molecule has 1 saturated heterocycles. The molecule has 1 fully saturated rings. The zero-order chi connectivity index (χ0) is 13.1. The number of benzene rings is 1. The summed E-state index contributed by atoms with van der Waals surface area (Å²) in [6.07, 6.45) is 2.90. The van der Waals surface area contributed by atoms with Crippen molar-refractivity contribution in [2.24, 2.45) is 0 Å². The van der Waals surface area contributed by atoms with E-state index in [-0.39, 0.29) is 18.3 Å². The molecule has 2 rings (SSSR count). The van der Waals surface area contributed by atoms with Crippen LogP contribution in [0, 0.1) is 13.8 Å². The molecule has 1 amide bonds. The fourth-order valence-corrected chi connectivity index (χ4v) is 2.57. The standard InChI is InChI=1S/C15H22N2O.ClH/c1-11-7-12(2)9-14(8-11)17(3)15(18)10-13-5-4-6-16-13;/h7-9,13,16H,4-6,10H2,1-3H3;1H. The molecule has 0 aliphatic carbocycles. The van der Waals surface area contributed by atoms with Crippen molar-refractivity contribution in [2.75, 3.05) is 18.5 Å². The van der Waals surface area contributed by atoms with Crippen LogP contribution in [-0.4, -0.2) is 25.5 Å². The van der Waals surface area contributed by atoms with Gasteiger partial charge in [0, 0.05) is 25.2 Å². The first-order valence-corrected chi connectivity index (χ1v) is 6.64. The average Bonchev–Trinajstić information content (AvgIpc) is 2.79. The van der Waals surface area contributed by atoms with Crippen molar-refractivity contribution >= 4 is 24.0 Å². The van der Waals surface area contributed by atoms with E-state index in [1.807, 2.05) is 7.05 Å². The molecular formula is C15H23ClN2O. The number of nitrogens with one attached hydrogen (secondary N) is 1. The first kappa shape index (κ1) is 16.0. The second-order valence-corrected chi connectivity index (χ2v) is 5.30. The summed E-state index contributed by atoms with van der Waals surface area (Å²) in [6.45, 7) is 5.17. The first-order valence-electron chi connectivity index (χ1n) is 6.64. The monoisotopic (exact) mass is 282 g/mol. The fraction of sp³-hybridized carbons (Fsp3) is 0.533. The smallest absolute Gasteiger partial charge is 0.228 e. The van der Waals surface area contributed by atoms with E-state index in [0.29, 0.717) is 12.5 Å². The molecule has 0 bridgehead atoms. The van der Waals surface area contributed by atoms with Gasteiger partial charge in [-0.15, -0.1) is 12.4 Å². The molecule has 19 heavy (non-hydrogen) atoms. The summed E-state index contributed by atoms with van der Waals surface area (Å²) in [5.41, 5.74) is 3.39. The van der Waals surface area contributed by atoms with Crippen LogP contribution in [-0.2, 0) is 4.79 Å². The zero-order valence-electron chi connectivity index (χ0n) is 11.9. The first-order chi connectivity index (χ1) is 8.56. The molecule has 1 atom stereocenters. The van der Waals surface area contributed by atoms with E-state index in [0.717, 1.165) is 18.7 Å². The molecule has 106 valence electrons. The number of hydrogen-bond donors (Lipinski definition) is 1. The van der Waals surface area contributed by atoms with Crippen LogP contribution in [0.3, 0.4) is 0 Å². The third-order valence-electron chi connectivity index (χ3n) is 3.55. The van der Waals surface area contributed by atoms with Gasteiger partial charge in [0.05, 0.1) is 0 Å². The Labute approximate surface area is 121 Å². The van der Waals surface area contributed by atoms with E-state index in [4.69, 9.17) is 0 Å². The second kappa shape index (κ2) is 6.92. The van der Waals surface area contributed by atoms with Crippen molar-refractivity contribution < 1.29 is 4.79 Å². The lowest BCUT2D eigenvalue weighted by Gasteiger charge is -2.20. The minimum absolute atomic E-state index is 0. The van der Waals surface area contributed by atoms with E-state index in [9.17, 15) is 4.79 Å². The summed E-state index contributed by atoms with van der Waals surface area (Å²) in [6, 6.07) is 6.62. The summed E-state index contributed by atoms with van der Waals surface area (Å²) < 4.78 is 0. The van der Waals surface area contributed by atoms with Crippen molar-refractivity contribution in [3.8, 4) is 0 Å². The Morgan fingerprint density at radius 3 is 2.47 bits per heavy atom. The van der Waals surface area contributed by atoms with E-state index in [2.05, 4.69) is 37.4 Å². The molecule has 0 radical (unpaired) electrons. The van der Waals surface area contributed by atoms with Gasteiger partial charge in [0.25, 0.3) is 0 Å². The Bertz CT molecular complexity index is 422. The lowest BCUT2D eigenvalue weighted by molar-refractivity contribution is -0.118. The largest absolute Gasteiger partial charge is 0.315 e. The predicted octanol–water partition coefficient (Wildman–Crippen LogP) is 2.83. The highest BCUT2D eigenvalue weighted by Gasteiger charge is 2.20. The van der Waals surface area contributed by atoms with Crippen LogP contribution >= 0.6 is 12.4 Å². The highest BCUT2D eigenvalue weighted by molar-refractivity contribution is 5.93. The number of amides is 1. The maximum atomic E-state index is 12.2. The molecule has 1 aromatic rings. The summed E-state index contributed by atoms with van der Waals surface area (Å²) in [7, 11) is 1.87. The molecule has 1 aromatic carbocycles. The molecule has 1 heterocycles. The minimum atomic E-state index is 0. The molecule has 4 heteroatoms. The van der Waals surface area contributed by atoms with Gasteiger partial charge >= 0.3 is 0 Å². The Morgan fingerprint density at radius 2 is 1.95 bits per heavy atom. The van der Waals surface area contributed by atoms with E-state index >= 15 is 0 Å². The third-order valence-corrected chi connectivity index (χ3v) is 3.55. The van der Waals surface area contributed by atoms with Crippen molar-refractivity contribution in [1.29, 1.82) is 0 Å². The van der Waals surface area contributed by atoms with Gasteiger partial charge < -0.3 is 10.2 Å². The minimum Gasteiger partial charge on any atom is -0.315 e. The number of carbonyl (C=O) groups excluding carboxylic acids is 1. The van der Waals surface area contributed by atoms with E-state index in [1.165, 1.54) is 17.5 Å². The normalized spacial score (nSPS) is 17.9. The molecule has 0 aromatic heterocycles. The number of anilines is 1. The van der Waals surface area contributed by atoms with Gasteiger partial charge in [0.2, 0.25) is 5.91 Å². The van der Waals surface area contributed by atoms with Crippen molar-refractivity contribution in [3.05, 3.63) is 29.3 Å². The van der Waals surface area contributed by atoms with Gasteiger partial charge in [-0.3, -0.25) is 4.79 Å². The van der Waals surface area contributed by atoms with Crippen molar-refractivity contribution in [2.45, 2.75) is 39.2 Å². The van der Waals surface area contributed by atoms with Gasteiger partial charge in [-0.1, -0.05) is 6.07 Å². The topological polar surface area (TPSA) is 32.3 Å². The molecule has 1 aliphatic heterocycles. The van der Waals surface area contributed by atoms with Gasteiger partial charge in [0.1, 0.15) is 0 Å². The van der Waals surface area contributed by atoms with E-state index < -0.39 is 0 Å². The van der Waals surface area contributed by atoms with Gasteiger partial charge in [0.15, 0.2) is 0 Å². The van der Waals surface area contributed by atoms with Crippen LogP contribution in [0.15, 0.2) is 18.2 Å². The second-order valence-electron chi connectivity index (χ2n) is 5.30. The number of halogens is 1. The number of rotatable bonds is 3. The molecule has 1 N–H and O–H groups in total. The molecule has 0 spiro atoms. The lowest BCUT2D eigenvalue weighted by Crippen LogP contribution is -2.33. The number of nitrogens with zero attached hydrogens (tertiary/aromatic N) is 1. The molecule has 3 nitrogen and oxygen atoms in total. The van der Waals surface area contributed by atoms with Crippen molar-refractivity contribution in [1.82, 2.24) is 5.32 Å². The number of aryl methyl sites for hydroxylation is 2. The third kappa shape index (κ3) is 4.22. The van der Waals surface area contributed by atoms with Gasteiger partial charge in [-0.2, -0.15) is 0 Å². The Balaban J connectivity index is 0.00000180. The van der Waals surface area contributed by atoms with Crippen LogP contribution in [0.25, 0.3) is 0 Å². The maximum absolute atomic E-state index is 12.2. The molecule has 1 aliphatic rings. The SMILES string of the molecule is Cc1cc(C)cc(N(C)C(=O)CC2CCCN2)c1.Cl. The Kier molecular flexibility index (Phi) is 5.83. The van der Waals surface area contributed by atoms with Crippen LogP contribution < -0.4 is 10.2 Å². The average molecular weight is 283 g/mol. The summed E-state index contributed by atoms with van der Waals surface area (Å²) >= 11 is 0. The fourth-order valence-electron chi connectivity index (χ4n) is 2.57. The molecule has 0 saturated carbocycles. The van der Waals surface area contributed by atoms with Crippen LogP contribution in [0.2, 0.25) is 0 Å². The molecular weight excluding hydrogens is 260 g/mol. The van der Waals surface area contributed by atoms with Crippen LogP contribution in [0.5, 0.6) is 0 Å². The summed E-state index contributed by atoms with van der Waals surface area (Å²) in [5.74, 6) is 0.194. The van der Waals surface area contributed by atoms with Crippen LogP contribution in [0.1, 0.15) is 30.4 Å². The van der Waals surface area contributed by atoms with Crippen LogP contribution in [0.4, 0.5) is 5.69 Å². The summed E-state index contributed by atoms with van der Waals surface area (Å²) in [5, 5.41) is 3.37. The van der Waals surface area contributed by atoms with Crippen molar-refractivity contribution in [3.63, 3.8) is 0 Å². The summed E-state index contributed by atoms with van der Waals surface area (Å²) in [4.78, 5) is 14.0. The number of hydrogen-bond acceptors (Lipinski definition) is 2. The lowest BCUT2D eigenvalue weighted by atomic mass is 10.1. The van der Waals surface area contributed by atoms with E-state index in [1.54, 1.807) is 4.90 Å². The van der Waals surface area contributed by atoms with Gasteiger partial charge in [-0.25, -0.2) is 0 Å². The Morgan fingerprint density at radius 1 is 1.32 bits per heavy atom.